The second-order valence-electron chi connectivity index (χ2n) is 7.06. The number of aliphatic imine (C=N–C) groups is 1. The molecule has 2 aromatic rings. The first-order valence-corrected chi connectivity index (χ1v) is 9.97. The van der Waals surface area contributed by atoms with E-state index in [1.807, 2.05) is 6.92 Å². The second kappa shape index (κ2) is 8.13. The molecule has 0 spiro atoms. The lowest BCUT2D eigenvalue weighted by atomic mass is 9.99. The highest BCUT2D eigenvalue weighted by Crippen LogP contribution is 2.35. The fourth-order valence-corrected chi connectivity index (χ4v) is 3.72. The number of nitro groups is 1. The van der Waals surface area contributed by atoms with Crippen molar-refractivity contribution in [3.8, 4) is 0 Å². The molecule has 0 radical (unpaired) electrons. The predicted molar refractivity (Wildman–Crippen MR) is 115 cm³/mol. The number of hydrazone groups is 1. The largest absolute Gasteiger partial charge is 0.295 e. The number of fused-ring (bicyclic) bond motifs is 3. The summed E-state index contributed by atoms with van der Waals surface area (Å²) in [5.41, 5.74) is 1.40. The van der Waals surface area contributed by atoms with Crippen LogP contribution in [0.25, 0.3) is 0 Å². The Kier molecular flexibility index (Phi) is 5.37. The topological polar surface area (TPSA) is 103 Å². The monoisotopic (exact) mass is 424 g/mol. The molecule has 0 aromatic heterocycles. The highest BCUT2D eigenvalue weighted by Gasteiger charge is 2.39. The molecule has 1 N–H and O–H groups in total. The van der Waals surface area contributed by atoms with Gasteiger partial charge in [-0.1, -0.05) is 19.1 Å². The number of carbonyl (C=O) groups excluding carboxylic acids is 1. The standard InChI is InChI=1S/C21H21FN6O3/c1-3-18(29)24-21-25-26(4-2)19-12-23-20(14-7-5-6-8-16(14)22)15-11-13(28(30)31)9-10-17(15)27(19)21/h5-11,19H,3-4,12H2,1-2H3,(H,24,25,29). The molecule has 0 saturated heterocycles. The number of nitrogens with one attached hydrogen (secondary N) is 1. The zero-order valence-corrected chi connectivity index (χ0v) is 17.1. The van der Waals surface area contributed by atoms with Crippen molar-refractivity contribution >= 4 is 29.0 Å². The molecule has 0 aliphatic carbocycles. The smallest absolute Gasteiger partial charge is 0.270 e. The minimum Gasteiger partial charge on any atom is -0.295 e. The van der Waals surface area contributed by atoms with E-state index in [2.05, 4.69) is 15.4 Å². The van der Waals surface area contributed by atoms with Gasteiger partial charge in [0, 0.05) is 36.2 Å². The maximum absolute atomic E-state index is 14.7. The molecule has 2 aliphatic heterocycles. The van der Waals surface area contributed by atoms with Crippen molar-refractivity contribution in [3.05, 3.63) is 69.5 Å². The maximum Gasteiger partial charge on any atom is 0.270 e. The van der Waals surface area contributed by atoms with Crippen molar-refractivity contribution in [2.45, 2.75) is 26.4 Å². The highest BCUT2D eigenvalue weighted by atomic mass is 19.1. The van der Waals surface area contributed by atoms with E-state index in [0.717, 1.165) is 0 Å². The number of likely N-dealkylation sites (N-methyl/N-ethyl adjacent to an activating group) is 1. The molecule has 1 atom stereocenters. The van der Waals surface area contributed by atoms with Crippen LogP contribution in [0, 0.1) is 15.9 Å². The fourth-order valence-electron chi connectivity index (χ4n) is 3.72. The SMILES string of the molecule is CCC(=O)NC1=NN(CC)C2CN=C(c3ccccc3F)c3cc([N+](=O)[O-])ccc3N12. The molecule has 1 amide bonds. The zero-order chi connectivity index (χ0) is 22.1. The van der Waals surface area contributed by atoms with Gasteiger partial charge < -0.3 is 0 Å². The van der Waals surface area contributed by atoms with E-state index in [0.29, 0.717) is 29.5 Å². The molecular formula is C21H21FN6O3. The summed E-state index contributed by atoms with van der Waals surface area (Å²) >= 11 is 0. The van der Waals surface area contributed by atoms with E-state index in [9.17, 15) is 19.3 Å². The van der Waals surface area contributed by atoms with Gasteiger partial charge in [0.15, 0.2) is 0 Å². The Morgan fingerprint density at radius 2 is 2.03 bits per heavy atom. The summed E-state index contributed by atoms with van der Waals surface area (Å²) < 4.78 is 14.7. The number of anilines is 1. The number of benzene rings is 2. The summed E-state index contributed by atoms with van der Waals surface area (Å²) in [6.07, 6.45) is -0.0880. The first kappa shape index (κ1) is 20.5. The summed E-state index contributed by atoms with van der Waals surface area (Å²) in [5, 5.41) is 20.5. The number of hydrogen-bond donors (Lipinski definition) is 1. The van der Waals surface area contributed by atoms with Gasteiger partial charge in [-0.25, -0.2) is 4.39 Å². The molecule has 2 aromatic carbocycles. The number of carbonyl (C=O) groups is 1. The van der Waals surface area contributed by atoms with Crippen LogP contribution in [0.2, 0.25) is 0 Å². The Hall–Kier alpha value is -3.82. The Morgan fingerprint density at radius 1 is 1.26 bits per heavy atom. The van der Waals surface area contributed by atoms with Crippen molar-refractivity contribution < 1.29 is 14.1 Å². The Labute approximate surface area is 178 Å². The summed E-state index contributed by atoms with van der Waals surface area (Å²) in [7, 11) is 0. The molecule has 0 bridgehead atoms. The third-order valence-corrected chi connectivity index (χ3v) is 5.24. The minimum atomic E-state index is -0.502. The van der Waals surface area contributed by atoms with Crippen molar-refractivity contribution in [1.29, 1.82) is 0 Å². The van der Waals surface area contributed by atoms with Crippen LogP contribution in [-0.2, 0) is 4.79 Å². The van der Waals surface area contributed by atoms with E-state index < -0.39 is 10.7 Å². The van der Waals surface area contributed by atoms with Crippen molar-refractivity contribution in [3.63, 3.8) is 0 Å². The third kappa shape index (κ3) is 3.60. The van der Waals surface area contributed by atoms with Gasteiger partial charge in [-0.3, -0.25) is 35.1 Å². The normalized spacial score (nSPS) is 17.3. The number of nitrogens with zero attached hydrogens (tertiary/aromatic N) is 5. The number of rotatable bonds is 4. The third-order valence-electron chi connectivity index (χ3n) is 5.24. The second-order valence-corrected chi connectivity index (χ2v) is 7.06. The van der Waals surface area contributed by atoms with Gasteiger partial charge in [0.1, 0.15) is 12.0 Å². The average Bonchev–Trinajstić information content (AvgIpc) is 3.01. The van der Waals surface area contributed by atoms with E-state index in [4.69, 9.17) is 0 Å². The number of guanidine groups is 1. The molecule has 0 saturated carbocycles. The Balaban J connectivity index is 1.91. The lowest BCUT2D eigenvalue weighted by Crippen LogP contribution is -2.49. The Bertz CT molecular complexity index is 1120. The van der Waals surface area contributed by atoms with Gasteiger partial charge in [-0.05, 0) is 25.1 Å². The molecule has 1 unspecified atom stereocenters. The lowest BCUT2D eigenvalue weighted by molar-refractivity contribution is -0.384. The molecule has 0 fully saturated rings. The number of hydrogen-bond acceptors (Lipinski definition) is 7. The predicted octanol–water partition coefficient (Wildman–Crippen LogP) is 2.85. The summed E-state index contributed by atoms with van der Waals surface area (Å²) in [6, 6.07) is 10.6. The van der Waals surface area contributed by atoms with Crippen LogP contribution in [0.5, 0.6) is 0 Å². The Morgan fingerprint density at radius 3 is 2.71 bits per heavy atom. The van der Waals surface area contributed by atoms with Crippen molar-refractivity contribution in [2.75, 3.05) is 18.0 Å². The van der Waals surface area contributed by atoms with Gasteiger partial charge in [-0.2, -0.15) is 0 Å². The van der Waals surface area contributed by atoms with Crippen LogP contribution in [-0.4, -0.2) is 46.8 Å². The van der Waals surface area contributed by atoms with Gasteiger partial charge in [0.25, 0.3) is 5.69 Å². The van der Waals surface area contributed by atoms with E-state index >= 15 is 0 Å². The van der Waals surface area contributed by atoms with Crippen molar-refractivity contribution in [2.24, 2.45) is 10.1 Å². The maximum atomic E-state index is 14.7. The fraction of sp³-hybridized carbons (Fsp3) is 0.286. The minimum absolute atomic E-state index is 0.135. The van der Waals surface area contributed by atoms with Crippen LogP contribution < -0.4 is 10.2 Å². The van der Waals surface area contributed by atoms with Crippen molar-refractivity contribution in [1.82, 2.24) is 10.3 Å². The molecular weight excluding hydrogens is 403 g/mol. The number of non-ortho nitro benzene ring substituents is 1. The molecule has 160 valence electrons. The molecule has 4 rings (SSSR count). The molecule has 10 heteroatoms. The first-order chi connectivity index (χ1) is 14.9. The lowest BCUT2D eigenvalue weighted by Gasteiger charge is -2.29. The van der Waals surface area contributed by atoms with Gasteiger partial charge in [0.2, 0.25) is 11.9 Å². The van der Waals surface area contributed by atoms with E-state index in [1.165, 1.54) is 18.2 Å². The number of halogens is 1. The molecule has 2 aliphatic rings. The summed E-state index contributed by atoms with van der Waals surface area (Å²) in [4.78, 5) is 29.5. The van der Waals surface area contributed by atoms with Crippen LogP contribution in [0.15, 0.2) is 52.6 Å². The summed E-state index contributed by atoms with van der Waals surface area (Å²) in [5.74, 6) is -0.363. The molecule has 2 heterocycles. The molecule has 31 heavy (non-hydrogen) atoms. The highest BCUT2D eigenvalue weighted by molar-refractivity contribution is 6.19. The van der Waals surface area contributed by atoms with E-state index in [1.54, 1.807) is 41.1 Å². The first-order valence-electron chi connectivity index (χ1n) is 9.97. The van der Waals surface area contributed by atoms with Gasteiger partial charge in [0.05, 0.1) is 22.9 Å². The van der Waals surface area contributed by atoms with Crippen LogP contribution in [0.1, 0.15) is 31.4 Å². The van der Waals surface area contributed by atoms with Crippen LogP contribution >= 0.6 is 0 Å². The van der Waals surface area contributed by atoms with E-state index in [-0.39, 0.29) is 36.3 Å². The van der Waals surface area contributed by atoms with Gasteiger partial charge in [-0.15, -0.1) is 5.10 Å². The zero-order valence-electron chi connectivity index (χ0n) is 17.1. The van der Waals surface area contributed by atoms with Crippen LogP contribution in [0.4, 0.5) is 15.8 Å². The quantitative estimate of drug-likeness (QED) is 0.601. The summed E-state index contributed by atoms with van der Waals surface area (Å²) in [6.45, 7) is 4.45. The van der Waals surface area contributed by atoms with Crippen LogP contribution in [0.3, 0.4) is 0 Å². The number of amides is 1. The number of nitro benzene ring substituents is 1. The molecule has 9 nitrogen and oxygen atoms in total. The average molecular weight is 424 g/mol. The van der Waals surface area contributed by atoms with Gasteiger partial charge >= 0.3 is 0 Å².